The molecule has 0 spiro atoms. The summed E-state index contributed by atoms with van der Waals surface area (Å²) in [7, 11) is -3.77. The molecule has 3 rings (SSSR count). The fourth-order valence-corrected chi connectivity index (χ4v) is 2.93. The van der Waals surface area contributed by atoms with Crippen LogP contribution in [0, 0.1) is 0 Å². The van der Waals surface area contributed by atoms with Gasteiger partial charge < -0.3 is 5.11 Å². The number of azo groups is 1. The zero-order valence-electron chi connectivity index (χ0n) is 14.9. The predicted octanol–water partition coefficient (Wildman–Crippen LogP) is 4.25. The van der Waals surface area contributed by atoms with E-state index in [2.05, 4.69) is 20.8 Å². The highest BCUT2D eigenvalue weighted by Crippen LogP contribution is 2.29. The third-order valence-electron chi connectivity index (χ3n) is 3.70. The Balaban J connectivity index is 1.90. The van der Waals surface area contributed by atoms with Crippen molar-refractivity contribution >= 4 is 38.8 Å². The number of nitrogens with one attached hydrogen (secondary N) is 1. The molecule has 0 aromatic heterocycles. The van der Waals surface area contributed by atoms with Crippen molar-refractivity contribution in [1.29, 1.82) is 0 Å². The number of primary sulfonamides is 1. The average molecular weight is 430 g/mol. The normalized spacial score (nSPS) is 12.3. The van der Waals surface area contributed by atoms with Crippen LogP contribution in [0.25, 0.3) is 0 Å². The molecule has 0 saturated carbocycles. The van der Waals surface area contributed by atoms with Crippen molar-refractivity contribution in [3.05, 3.63) is 83.4 Å². The van der Waals surface area contributed by atoms with E-state index in [1.165, 1.54) is 42.5 Å². The van der Waals surface area contributed by atoms with E-state index in [4.69, 9.17) is 16.7 Å². The number of phenolic OH excluding ortho intramolecular Hbond substituents is 1. The Kier molecular flexibility index (Phi) is 6.23. The molecule has 4 N–H and O–H groups in total. The van der Waals surface area contributed by atoms with Gasteiger partial charge in [0, 0.05) is 10.6 Å². The quantitative estimate of drug-likeness (QED) is 0.242. The van der Waals surface area contributed by atoms with Gasteiger partial charge in [-0.1, -0.05) is 41.9 Å². The Hall–Kier alpha value is -3.27. The van der Waals surface area contributed by atoms with Crippen molar-refractivity contribution in [2.75, 3.05) is 5.43 Å². The van der Waals surface area contributed by atoms with Gasteiger partial charge in [-0.2, -0.15) is 5.10 Å². The zero-order chi connectivity index (χ0) is 20.9. The number of hydrazone groups is 1. The molecule has 3 aromatic rings. The fourth-order valence-electron chi connectivity index (χ4n) is 2.25. The Morgan fingerprint density at radius 3 is 2.34 bits per heavy atom. The molecule has 0 heterocycles. The van der Waals surface area contributed by atoms with Crippen LogP contribution in [0.1, 0.15) is 5.56 Å². The van der Waals surface area contributed by atoms with Gasteiger partial charge >= 0.3 is 0 Å². The van der Waals surface area contributed by atoms with Gasteiger partial charge in [0.05, 0.1) is 10.6 Å². The number of sulfonamides is 1. The van der Waals surface area contributed by atoms with E-state index in [9.17, 15) is 13.5 Å². The number of amidine groups is 1. The fraction of sp³-hybridized carbons (Fsp3) is 0. The number of rotatable bonds is 5. The summed E-state index contributed by atoms with van der Waals surface area (Å²) in [5.74, 6) is 0.164. The second-order valence-electron chi connectivity index (χ2n) is 5.82. The number of aromatic hydroxyl groups is 1. The van der Waals surface area contributed by atoms with E-state index < -0.39 is 10.0 Å². The van der Waals surface area contributed by atoms with Crippen LogP contribution in [0.5, 0.6) is 5.75 Å². The molecule has 0 aliphatic carbocycles. The summed E-state index contributed by atoms with van der Waals surface area (Å²) in [5.41, 5.74) is 4.18. The van der Waals surface area contributed by atoms with Gasteiger partial charge in [0.2, 0.25) is 15.9 Å². The van der Waals surface area contributed by atoms with E-state index in [1.54, 1.807) is 12.1 Å². The van der Waals surface area contributed by atoms with Crippen molar-refractivity contribution < 1.29 is 13.5 Å². The molecule has 0 unspecified atom stereocenters. The molecule has 3 aromatic carbocycles. The minimum Gasteiger partial charge on any atom is -0.506 e. The smallest absolute Gasteiger partial charge is 0.238 e. The van der Waals surface area contributed by atoms with Crippen LogP contribution in [-0.4, -0.2) is 19.4 Å². The summed E-state index contributed by atoms with van der Waals surface area (Å²) in [6.07, 6.45) is 0. The number of nitrogens with zero attached hydrogens (tertiary/aromatic N) is 3. The molecular formula is C19H16ClN5O3S. The lowest BCUT2D eigenvalue weighted by atomic mass is 10.2. The van der Waals surface area contributed by atoms with Gasteiger partial charge in [0.1, 0.15) is 11.4 Å². The standard InChI is InChI=1S/C19H16ClN5O3S/c20-14-6-11-18(26)17(12-14)23-25-19(13-4-2-1-3-5-13)24-22-15-7-9-16(10-8-15)29(21,27)28/h1-12,22,26H,(H2,21,27,28)/b24-19+,25-23?. The Morgan fingerprint density at radius 1 is 1.00 bits per heavy atom. The number of phenols is 1. The van der Waals surface area contributed by atoms with Crippen LogP contribution in [0.15, 0.2) is 93.0 Å². The first-order valence-corrected chi connectivity index (χ1v) is 10.2. The summed E-state index contributed by atoms with van der Waals surface area (Å²) in [5, 5.41) is 27.8. The van der Waals surface area contributed by atoms with Crippen LogP contribution >= 0.6 is 11.6 Å². The molecule has 0 aliphatic heterocycles. The Morgan fingerprint density at radius 2 is 1.69 bits per heavy atom. The van der Waals surface area contributed by atoms with Gasteiger partial charge in [0.25, 0.3) is 0 Å². The maximum Gasteiger partial charge on any atom is 0.238 e. The molecule has 0 radical (unpaired) electrons. The first-order chi connectivity index (χ1) is 13.8. The lowest BCUT2D eigenvalue weighted by Gasteiger charge is -2.05. The van der Waals surface area contributed by atoms with Gasteiger partial charge in [-0.25, -0.2) is 13.6 Å². The van der Waals surface area contributed by atoms with Gasteiger partial charge in [-0.3, -0.25) is 5.43 Å². The summed E-state index contributed by atoms with van der Waals surface area (Å²) < 4.78 is 22.7. The first-order valence-electron chi connectivity index (χ1n) is 8.25. The molecule has 0 aliphatic rings. The third-order valence-corrected chi connectivity index (χ3v) is 4.86. The van der Waals surface area contributed by atoms with Crippen molar-refractivity contribution in [2.24, 2.45) is 20.5 Å². The monoisotopic (exact) mass is 429 g/mol. The Bertz CT molecular complexity index is 1160. The lowest BCUT2D eigenvalue weighted by Crippen LogP contribution is -2.11. The summed E-state index contributed by atoms with van der Waals surface area (Å²) >= 11 is 5.93. The highest BCUT2D eigenvalue weighted by Gasteiger charge is 2.07. The van der Waals surface area contributed by atoms with Gasteiger partial charge in [-0.15, -0.1) is 10.2 Å². The minimum absolute atomic E-state index is 0.00793. The van der Waals surface area contributed by atoms with E-state index in [0.717, 1.165) is 0 Å². The van der Waals surface area contributed by atoms with Crippen molar-refractivity contribution in [3.8, 4) is 5.75 Å². The number of hydrogen-bond acceptors (Lipinski definition) is 6. The zero-order valence-corrected chi connectivity index (χ0v) is 16.5. The topological polar surface area (TPSA) is 130 Å². The van der Waals surface area contributed by atoms with Crippen molar-refractivity contribution in [3.63, 3.8) is 0 Å². The summed E-state index contributed by atoms with van der Waals surface area (Å²) in [6, 6.07) is 19.3. The summed E-state index contributed by atoms with van der Waals surface area (Å²) in [6.45, 7) is 0. The van der Waals surface area contributed by atoms with Gasteiger partial charge in [-0.05, 0) is 42.5 Å². The van der Waals surface area contributed by atoms with Crippen LogP contribution < -0.4 is 10.6 Å². The largest absolute Gasteiger partial charge is 0.506 e. The highest BCUT2D eigenvalue weighted by molar-refractivity contribution is 7.89. The maximum absolute atomic E-state index is 11.3. The van der Waals surface area contributed by atoms with E-state index >= 15 is 0 Å². The van der Waals surface area contributed by atoms with Crippen LogP contribution in [0.2, 0.25) is 5.02 Å². The van der Waals surface area contributed by atoms with E-state index in [1.807, 2.05) is 18.2 Å². The molecule has 10 heteroatoms. The van der Waals surface area contributed by atoms with Crippen molar-refractivity contribution in [2.45, 2.75) is 4.90 Å². The predicted molar refractivity (Wildman–Crippen MR) is 112 cm³/mol. The van der Waals surface area contributed by atoms with Crippen molar-refractivity contribution in [1.82, 2.24) is 0 Å². The molecule has 0 bridgehead atoms. The third kappa shape index (κ3) is 5.61. The molecular weight excluding hydrogens is 414 g/mol. The second-order valence-corrected chi connectivity index (χ2v) is 7.81. The molecule has 0 atom stereocenters. The van der Waals surface area contributed by atoms with E-state index in [-0.39, 0.29) is 22.2 Å². The molecule has 148 valence electrons. The average Bonchev–Trinajstić information content (AvgIpc) is 2.71. The van der Waals surface area contributed by atoms with Gasteiger partial charge in [0.15, 0.2) is 0 Å². The minimum atomic E-state index is -3.77. The number of hydrogen-bond donors (Lipinski definition) is 3. The maximum atomic E-state index is 11.3. The molecule has 8 nitrogen and oxygen atoms in total. The molecule has 0 amide bonds. The number of halogens is 1. The lowest BCUT2D eigenvalue weighted by molar-refractivity contribution is 0.476. The number of anilines is 1. The van der Waals surface area contributed by atoms with Crippen LogP contribution in [0.4, 0.5) is 11.4 Å². The second kappa shape index (κ2) is 8.82. The first kappa shape index (κ1) is 20.5. The molecule has 29 heavy (non-hydrogen) atoms. The number of benzene rings is 3. The summed E-state index contributed by atoms with van der Waals surface area (Å²) in [4.78, 5) is -0.00793. The Labute approximate surface area is 172 Å². The molecule has 0 saturated heterocycles. The molecule has 0 fully saturated rings. The highest BCUT2D eigenvalue weighted by atomic mass is 35.5. The number of nitrogens with two attached hydrogens (primary N) is 1. The van der Waals surface area contributed by atoms with E-state index in [0.29, 0.717) is 16.3 Å². The SMILES string of the molecule is NS(=O)(=O)c1ccc(N/N=C(/N=Nc2cc(Cl)ccc2O)c2ccccc2)cc1. The van der Waals surface area contributed by atoms with Crippen LogP contribution in [0.3, 0.4) is 0 Å². The van der Waals surface area contributed by atoms with Crippen LogP contribution in [-0.2, 0) is 10.0 Å².